The fraction of sp³-hybridized carbons (Fsp3) is 0.500. The number of piperidine rings is 1. The number of hydrogen-bond donors (Lipinski definition) is 1. The second-order valence-corrected chi connectivity index (χ2v) is 6.95. The van der Waals surface area contributed by atoms with Crippen molar-refractivity contribution < 1.29 is 4.79 Å². The third-order valence-corrected chi connectivity index (χ3v) is 5.44. The van der Waals surface area contributed by atoms with Crippen LogP contribution >= 0.6 is 12.4 Å². The topological polar surface area (TPSA) is 67.2 Å². The Kier molecular flexibility index (Phi) is 5.11. The number of rotatable bonds is 3. The summed E-state index contributed by atoms with van der Waals surface area (Å²) in [6.45, 7) is 0.163. The Morgan fingerprint density at radius 3 is 2.68 bits per heavy atom. The standard InChI is InChI=1S/C18H22N4O2.ClH/c1-21(14-8-12-6-7-13(9-14)20-12)18(24)11-22-16-5-3-2-4-15(16)17(23)10-19-22;/h2-5,10,12-14,20H,6-9,11H2,1H3;1H. The van der Waals surface area contributed by atoms with Crippen LogP contribution in [0.5, 0.6) is 0 Å². The normalized spacial score (nSPS) is 24.8. The molecule has 0 saturated carbocycles. The molecular weight excluding hydrogens is 340 g/mol. The van der Waals surface area contributed by atoms with Crippen LogP contribution in [0.25, 0.3) is 10.9 Å². The Bertz CT molecular complexity index is 825. The number of benzene rings is 1. The molecule has 6 nitrogen and oxygen atoms in total. The zero-order valence-corrected chi connectivity index (χ0v) is 15.0. The van der Waals surface area contributed by atoms with Crippen LogP contribution in [-0.4, -0.2) is 45.8 Å². The van der Waals surface area contributed by atoms with Crippen LogP contribution in [-0.2, 0) is 11.3 Å². The van der Waals surface area contributed by atoms with Crippen LogP contribution in [0.15, 0.2) is 35.3 Å². The van der Waals surface area contributed by atoms with Crippen molar-refractivity contribution in [2.24, 2.45) is 0 Å². The molecule has 2 atom stereocenters. The highest BCUT2D eigenvalue weighted by Crippen LogP contribution is 2.29. The van der Waals surface area contributed by atoms with Gasteiger partial charge in [-0.25, -0.2) is 0 Å². The van der Waals surface area contributed by atoms with Crippen LogP contribution in [0.4, 0.5) is 0 Å². The molecule has 2 aliphatic heterocycles. The van der Waals surface area contributed by atoms with Crippen molar-refractivity contribution in [3.8, 4) is 0 Å². The monoisotopic (exact) mass is 362 g/mol. The Morgan fingerprint density at radius 1 is 1.28 bits per heavy atom. The molecule has 134 valence electrons. The van der Waals surface area contributed by atoms with E-state index in [0.29, 0.717) is 29.0 Å². The molecule has 2 unspecified atom stereocenters. The summed E-state index contributed by atoms with van der Waals surface area (Å²) in [4.78, 5) is 26.5. The molecule has 1 N–H and O–H groups in total. The van der Waals surface area contributed by atoms with Crippen molar-refractivity contribution in [1.29, 1.82) is 0 Å². The minimum absolute atomic E-state index is 0. The molecular formula is C18H23ClN4O2. The van der Waals surface area contributed by atoms with E-state index in [9.17, 15) is 9.59 Å². The Labute approximate surface area is 152 Å². The second kappa shape index (κ2) is 7.14. The van der Waals surface area contributed by atoms with Gasteiger partial charge in [0.1, 0.15) is 6.54 Å². The first kappa shape index (κ1) is 17.9. The summed E-state index contributed by atoms with van der Waals surface area (Å²) in [5.74, 6) is 0.0441. The summed E-state index contributed by atoms with van der Waals surface area (Å²) >= 11 is 0. The summed E-state index contributed by atoms with van der Waals surface area (Å²) in [6, 6.07) is 8.69. The van der Waals surface area contributed by atoms with Gasteiger partial charge in [0, 0.05) is 30.6 Å². The van der Waals surface area contributed by atoms with Gasteiger partial charge in [-0.1, -0.05) is 12.1 Å². The van der Waals surface area contributed by atoms with Crippen molar-refractivity contribution in [3.05, 3.63) is 40.7 Å². The van der Waals surface area contributed by atoms with Crippen molar-refractivity contribution in [2.75, 3.05) is 7.05 Å². The molecule has 1 aromatic heterocycles. The van der Waals surface area contributed by atoms with Gasteiger partial charge >= 0.3 is 0 Å². The van der Waals surface area contributed by atoms with E-state index in [1.807, 2.05) is 30.1 Å². The van der Waals surface area contributed by atoms with E-state index in [4.69, 9.17) is 0 Å². The summed E-state index contributed by atoms with van der Waals surface area (Å²) in [7, 11) is 1.89. The Hall–Kier alpha value is -1.92. The molecule has 2 saturated heterocycles. The van der Waals surface area contributed by atoms with Gasteiger partial charge in [-0.2, -0.15) is 5.10 Å². The largest absolute Gasteiger partial charge is 0.341 e. The number of carbonyl (C=O) groups excluding carboxylic acids is 1. The molecule has 4 rings (SSSR count). The van der Waals surface area contributed by atoms with Crippen LogP contribution in [0.3, 0.4) is 0 Å². The highest BCUT2D eigenvalue weighted by molar-refractivity contribution is 5.85. The maximum absolute atomic E-state index is 12.7. The summed E-state index contributed by atoms with van der Waals surface area (Å²) in [6.07, 6.45) is 5.78. The molecule has 2 fully saturated rings. The van der Waals surface area contributed by atoms with Gasteiger partial charge in [-0.05, 0) is 37.8 Å². The van der Waals surface area contributed by atoms with E-state index in [1.165, 1.54) is 19.0 Å². The first-order valence-corrected chi connectivity index (χ1v) is 8.58. The van der Waals surface area contributed by atoms with Gasteiger partial charge in [0.15, 0.2) is 0 Å². The Balaban J connectivity index is 0.00000182. The zero-order valence-electron chi connectivity index (χ0n) is 14.2. The van der Waals surface area contributed by atoms with Crippen molar-refractivity contribution in [2.45, 2.75) is 50.4 Å². The van der Waals surface area contributed by atoms with Crippen molar-refractivity contribution >= 4 is 29.2 Å². The van der Waals surface area contributed by atoms with E-state index < -0.39 is 0 Å². The molecule has 0 radical (unpaired) electrons. The number of nitrogens with one attached hydrogen (secondary N) is 1. The number of carbonyl (C=O) groups is 1. The number of hydrogen-bond acceptors (Lipinski definition) is 4. The fourth-order valence-electron chi connectivity index (χ4n) is 4.07. The van der Waals surface area contributed by atoms with E-state index in [-0.39, 0.29) is 30.3 Å². The SMILES string of the molecule is CN(C(=O)Cn1ncc(=O)c2ccccc21)C1CC2CCC(C1)N2.Cl. The minimum Gasteiger partial charge on any atom is -0.341 e. The maximum Gasteiger partial charge on any atom is 0.244 e. The van der Waals surface area contributed by atoms with Gasteiger partial charge < -0.3 is 10.2 Å². The van der Waals surface area contributed by atoms with E-state index in [1.54, 1.807) is 10.7 Å². The molecule has 25 heavy (non-hydrogen) atoms. The minimum atomic E-state index is -0.113. The number of amides is 1. The molecule has 0 spiro atoms. The number of aromatic nitrogens is 2. The van der Waals surface area contributed by atoms with Crippen LogP contribution in [0.1, 0.15) is 25.7 Å². The smallest absolute Gasteiger partial charge is 0.244 e. The average molecular weight is 363 g/mol. The first-order valence-electron chi connectivity index (χ1n) is 8.58. The molecule has 1 amide bonds. The molecule has 2 aliphatic rings. The van der Waals surface area contributed by atoms with Crippen molar-refractivity contribution in [1.82, 2.24) is 20.0 Å². The van der Waals surface area contributed by atoms with E-state index in [2.05, 4.69) is 10.4 Å². The van der Waals surface area contributed by atoms with E-state index >= 15 is 0 Å². The lowest BCUT2D eigenvalue weighted by molar-refractivity contribution is -0.133. The van der Waals surface area contributed by atoms with Crippen LogP contribution in [0.2, 0.25) is 0 Å². The third-order valence-electron chi connectivity index (χ3n) is 5.44. The summed E-state index contributed by atoms with van der Waals surface area (Å²) in [5, 5.41) is 8.36. The third kappa shape index (κ3) is 3.41. The fourth-order valence-corrected chi connectivity index (χ4v) is 4.07. The van der Waals surface area contributed by atoms with Crippen molar-refractivity contribution in [3.63, 3.8) is 0 Å². The maximum atomic E-state index is 12.7. The van der Waals surface area contributed by atoms with Gasteiger partial charge in [0.2, 0.25) is 11.3 Å². The Morgan fingerprint density at radius 2 is 1.96 bits per heavy atom. The van der Waals surface area contributed by atoms with Gasteiger partial charge in [-0.15, -0.1) is 12.4 Å². The van der Waals surface area contributed by atoms with Gasteiger partial charge in [0.25, 0.3) is 0 Å². The molecule has 2 bridgehead atoms. The number of nitrogens with zero attached hydrogens (tertiary/aromatic N) is 3. The molecule has 2 aromatic rings. The lowest BCUT2D eigenvalue weighted by Gasteiger charge is -2.35. The predicted molar refractivity (Wildman–Crippen MR) is 99.0 cm³/mol. The number of fused-ring (bicyclic) bond motifs is 3. The lowest BCUT2D eigenvalue weighted by atomic mass is 9.98. The highest BCUT2D eigenvalue weighted by Gasteiger charge is 2.36. The number of para-hydroxylation sites is 1. The molecule has 3 heterocycles. The molecule has 1 aromatic carbocycles. The first-order chi connectivity index (χ1) is 11.6. The highest BCUT2D eigenvalue weighted by atomic mass is 35.5. The van der Waals surface area contributed by atoms with E-state index in [0.717, 1.165) is 12.8 Å². The number of likely N-dealkylation sites (N-methyl/N-ethyl adjacent to an activating group) is 1. The lowest BCUT2D eigenvalue weighted by Crippen LogP contribution is -2.49. The summed E-state index contributed by atoms with van der Waals surface area (Å²) < 4.78 is 1.63. The predicted octanol–water partition coefficient (Wildman–Crippen LogP) is 1.56. The van der Waals surface area contributed by atoms with Crippen LogP contribution in [0, 0.1) is 0 Å². The van der Waals surface area contributed by atoms with Gasteiger partial charge in [-0.3, -0.25) is 14.3 Å². The number of halogens is 1. The zero-order chi connectivity index (χ0) is 16.7. The summed E-state index contributed by atoms with van der Waals surface area (Å²) in [5.41, 5.74) is 0.592. The van der Waals surface area contributed by atoms with Gasteiger partial charge in [0.05, 0.1) is 11.7 Å². The quantitative estimate of drug-likeness (QED) is 0.899. The van der Waals surface area contributed by atoms with Crippen LogP contribution < -0.4 is 10.7 Å². The second-order valence-electron chi connectivity index (χ2n) is 6.95. The molecule has 7 heteroatoms. The average Bonchev–Trinajstić information content (AvgIpc) is 2.95. The molecule has 0 aliphatic carbocycles.